The molecule has 0 saturated heterocycles. The predicted molar refractivity (Wildman–Crippen MR) is 164 cm³/mol. The molecule has 41 heavy (non-hydrogen) atoms. The number of hydrogen-bond acceptors (Lipinski definition) is 9. The lowest BCUT2D eigenvalue weighted by Crippen LogP contribution is -2.32. The fourth-order valence-electron chi connectivity index (χ4n) is 3.66. The number of nitrogens with one attached hydrogen (secondary N) is 4. The molecule has 3 rings (SSSR count). The van der Waals surface area contributed by atoms with Gasteiger partial charge in [-0.2, -0.15) is 0 Å². The molecule has 0 aliphatic rings. The van der Waals surface area contributed by atoms with E-state index in [0.29, 0.717) is 11.3 Å². The van der Waals surface area contributed by atoms with Gasteiger partial charge in [0, 0.05) is 25.7 Å². The van der Waals surface area contributed by atoms with Crippen LogP contribution in [0.3, 0.4) is 0 Å². The van der Waals surface area contributed by atoms with E-state index in [0.717, 1.165) is 0 Å². The minimum atomic E-state index is -1.02. The predicted octanol–water partition coefficient (Wildman–Crippen LogP) is 5.02. The first-order valence-corrected chi connectivity index (χ1v) is 14.2. The lowest BCUT2D eigenvalue weighted by atomic mass is 10.1. The summed E-state index contributed by atoms with van der Waals surface area (Å²) in [6.07, 6.45) is -0.937. The van der Waals surface area contributed by atoms with Crippen molar-refractivity contribution in [2.45, 2.75) is 40.2 Å². The molecule has 0 bridgehead atoms. The number of aliphatic hydroxyl groups excluding tert-OH is 2. The van der Waals surface area contributed by atoms with Crippen LogP contribution < -0.4 is 30.4 Å². The largest absolute Gasteiger partial charge is 0.454 e. The van der Waals surface area contributed by atoms with Crippen molar-refractivity contribution in [3.63, 3.8) is 0 Å². The number of ether oxygens (including phenoxy) is 1. The topological polar surface area (TPSA) is 137 Å². The van der Waals surface area contributed by atoms with E-state index < -0.39 is 30.0 Å². The van der Waals surface area contributed by atoms with Crippen molar-refractivity contribution < 1.29 is 24.1 Å². The molecular weight excluding hydrogens is 573 g/mol. The lowest BCUT2D eigenvalue weighted by Gasteiger charge is -2.22. The van der Waals surface area contributed by atoms with Crippen molar-refractivity contribution in [1.82, 2.24) is 14.6 Å². The number of benzene rings is 2. The van der Waals surface area contributed by atoms with E-state index in [1.807, 2.05) is 13.8 Å². The average Bonchev–Trinajstić information content (AvgIpc) is 2.96. The number of pyridine rings is 1. The number of hydrogen-bond donors (Lipinski definition) is 6. The van der Waals surface area contributed by atoms with Gasteiger partial charge in [-0.1, -0.05) is 37.6 Å². The zero-order chi connectivity index (χ0) is 30.7. The molecule has 10 nitrogen and oxygen atoms in total. The summed E-state index contributed by atoms with van der Waals surface area (Å²) in [6, 6.07) is 9.51. The Kier molecular flexibility index (Phi) is 13.4. The smallest absolute Gasteiger partial charge is 0.258 e. The first kappa shape index (κ1) is 33.9. The summed E-state index contributed by atoms with van der Waals surface area (Å²) in [7, 11) is 3.18. The van der Waals surface area contributed by atoms with Crippen LogP contribution in [0.5, 0.6) is 11.5 Å². The van der Waals surface area contributed by atoms with Gasteiger partial charge in [0.25, 0.3) is 11.5 Å². The van der Waals surface area contributed by atoms with Gasteiger partial charge in [0.2, 0.25) is 0 Å². The second-order valence-electron chi connectivity index (χ2n) is 8.66. The third kappa shape index (κ3) is 8.60. The van der Waals surface area contributed by atoms with E-state index in [1.54, 1.807) is 38.2 Å². The molecule has 0 spiro atoms. The number of halogens is 2. The van der Waals surface area contributed by atoms with Gasteiger partial charge in [0.1, 0.15) is 28.0 Å². The first-order valence-electron chi connectivity index (χ1n) is 13.0. The van der Waals surface area contributed by atoms with Gasteiger partial charge < -0.3 is 30.3 Å². The zero-order valence-corrected chi connectivity index (χ0v) is 25.5. The summed E-state index contributed by atoms with van der Waals surface area (Å²) >= 11 is 7.74. The van der Waals surface area contributed by atoms with E-state index in [2.05, 4.69) is 20.1 Å². The van der Waals surface area contributed by atoms with Crippen LogP contribution >= 0.6 is 23.7 Å². The van der Waals surface area contributed by atoms with Crippen molar-refractivity contribution in [1.29, 1.82) is 0 Å². The Labute approximate surface area is 248 Å². The molecule has 0 saturated carbocycles. The van der Waals surface area contributed by atoms with Crippen molar-refractivity contribution in [3.8, 4) is 11.5 Å². The van der Waals surface area contributed by atoms with Gasteiger partial charge in [-0.25, -0.2) is 9.11 Å². The molecule has 1 amide bonds. The first-order chi connectivity index (χ1) is 19.6. The molecule has 1 atom stereocenters. The second-order valence-corrected chi connectivity index (χ2v) is 9.85. The Hall–Kier alpha value is -3.29. The normalized spacial score (nSPS) is 11.3. The molecule has 0 fully saturated rings. The summed E-state index contributed by atoms with van der Waals surface area (Å²) in [4.78, 5) is 26.8. The Morgan fingerprint density at radius 2 is 1.90 bits per heavy atom. The van der Waals surface area contributed by atoms with Gasteiger partial charge in [0.05, 0.1) is 29.6 Å². The van der Waals surface area contributed by atoms with Crippen LogP contribution in [0.4, 0.5) is 21.6 Å². The van der Waals surface area contributed by atoms with Gasteiger partial charge in [-0.05, 0) is 57.1 Å². The molecule has 1 aromatic heterocycles. The standard InChI is InChI=1S/C26H31ClFN5O5S.C2H6/c1-14-8-9-18(17(28)12-14)31-24-21(25(36)30-11-10-16(35)13-34)23(15(2)26(37)33(24)4)38-20-7-5-6-19(22(20)27)32-39-29-3;1-2/h5-9,12,16,29,31-32,34-35H,10-11,13H2,1-4H3,(H,30,36);1-2H3. The van der Waals surface area contributed by atoms with Crippen molar-refractivity contribution in [2.75, 3.05) is 30.2 Å². The minimum Gasteiger partial charge on any atom is -0.454 e. The number of anilines is 3. The molecular formula is C28H37ClFN5O5S. The van der Waals surface area contributed by atoms with Crippen LogP contribution in [-0.4, -0.2) is 47.0 Å². The fourth-order valence-corrected chi connectivity index (χ4v) is 4.31. The molecule has 13 heteroatoms. The number of amides is 1. The van der Waals surface area contributed by atoms with Crippen molar-refractivity contribution >= 4 is 46.8 Å². The van der Waals surface area contributed by atoms with E-state index in [1.165, 1.54) is 42.8 Å². The number of aryl methyl sites for hydroxylation is 1. The van der Waals surface area contributed by atoms with Crippen LogP contribution in [0.15, 0.2) is 41.2 Å². The SMILES string of the molecule is CC.CNSNc1cccc(Oc2c(C(=O)NCCC(O)CO)c(Nc3ccc(C)cc3F)n(C)c(=O)c2C)c1Cl. The third-order valence-electron chi connectivity index (χ3n) is 5.78. The summed E-state index contributed by atoms with van der Waals surface area (Å²) in [5.41, 5.74) is 0.824. The number of aliphatic hydroxyl groups is 2. The Balaban J connectivity index is 0.00000287. The molecule has 1 unspecified atom stereocenters. The number of carbonyl (C=O) groups excluding carboxylic acids is 1. The average molecular weight is 610 g/mol. The minimum absolute atomic E-state index is 0.0142. The van der Waals surface area contributed by atoms with E-state index in [4.69, 9.17) is 21.4 Å². The van der Waals surface area contributed by atoms with E-state index >= 15 is 0 Å². The maximum absolute atomic E-state index is 14.8. The molecule has 0 aliphatic heterocycles. The Bertz CT molecular complexity index is 1410. The highest BCUT2D eigenvalue weighted by molar-refractivity contribution is 7.98. The molecule has 0 aliphatic carbocycles. The zero-order valence-electron chi connectivity index (χ0n) is 23.9. The molecule has 0 radical (unpaired) electrons. The highest BCUT2D eigenvalue weighted by atomic mass is 35.5. The maximum atomic E-state index is 14.8. The summed E-state index contributed by atoms with van der Waals surface area (Å²) in [6.45, 7) is 6.80. The summed E-state index contributed by atoms with van der Waals surface area (Å²) < 4.78 is 28.0. The second kappa shape index (κ2) is 16.2. The van der Waals surface area contributed by atoms with Crippen molar-refractivity contribution in [2.24, 2.45) is 7.05 Å². The highest BCUT2D eigenvalue weighted by Gasteiger charge is 2.27. The van der Waals surface area contributed by atoms with Crippen LogP contribution in [0.25, 0.3) is 0 Å². The van der Waals surface area contributed by atoms with E-state index in [9.17, 15) is 19.1 Å². The molecule has 2 aromatic carbocycles. The van der Waals surface area contributed by atoms with Gasteiger partial charge in [0.15, 0.2) is 5.75 Å². The third-order valence-corrected chi connectivity index (χ3v) is 6.70. The molecule has 6 N–H and O–H groups in total. The maximum Gasteiger partial charge on any atom is 0.258 e. The van der Waals surface area contributed by atoms with Crippen LogP contribution in [0.2, 0.25) is 5.02 Å². The number of carbonyl (C=O) groups is 1. The number of nitrogens with zero attached hydrogens (tertiary/aromatic N) is 1. The van der Waals surface area contributed by atoms with Gasteiger partial charge in [-0.15, -0.1) is 0 Å². The van der Waals surface area contributed by atoms with Gasteiger partial charge in [-0.3, -0.25) is 14.2 Å². The van der Waals surface area contributed by atoms with E-state index in [-0.39, 0.29) is 52.1 Å². The van der Waals surface area contributed by atoms with Crippen molar-refractivity contribution in [3.05, 3.63) is 74.3 Å². The van der Waals surface area contributed by atoms with Crippen LogP contribution in [-0.2, 0) is 7.05 Å². The lowest BCUT2D eigenvalue weighted by molar-refractivity contribution is 0.0833. The Morgan fingerprint density at radius 3 is 2.54 bits per heavy atom. The van der Waals surface area contributed by atoms with Crippen LogP contribution in [0, 0.1) is 19.7 Å². The molecule has 3 aromatic rings. The molecule has 1 heterocycles. The fraction of sp³-hybridized carbons (Fsp3) is 0.357. The van der Waals surface area contributed by atoms with Gasteiger partial charge >= 0.3 is 0 Å². The number of rotatable bonds is 12. The van der Waals surface area contributed by atoms with Crippen LogP contribution in [0.1, 0.15) is 41.8 Å². The summed E-state index contributed by atoms with van der Waals surface area (Å²) in [5, 5.41) is 24.5. The summed E-state index contributed by atoms with van der Waals surface area (Å²) in [5.74, 6) is -1.15. The quantitative estimate of drug-likeness (QED) is 0.156. The molecule has 224 valence electrons. The Morgan fingerprint density at radius 1 is 1.20 bits per heavy atom. The highest BCUT2D eigenvalue weighted by Crippen LogP contribution is 2.39. The monoisotopic (exact) mass is 609 g/mol. The number of aromatic nitrogens is 1.